The molecule has 0 fully saturated rings. The minimum atomic E-state index is -3.81. The number of anilines is 1. The van der Waals surface area contributed by atoms with Crippen LogP contribution >= 0.6 is 0 Å². The third kappa shape index (κ3) is 7.57. The van der Waals surface area contributed by atoms with Gasteiger partial charge >= 0.3 is 0 Å². The molecule has 0 saturated heterocycles. The molecule has 3 rings (SSSR count). The normalized spacial score (nSPS) is 11.9. The number of hydrogen-bond donors (Lipinski definition) is 1. The Labute approximate surface area is 218 Å². The molecule has 0 aromatic heterocycles. The topological polar surface area (TPSA) is 96.0 Å². The molecule has 1 unspecified atom stereocenters. The molecule has 0 aliphatic heterocycles. The largest absolute Gasteiger partial charge is 0.497 e. The van der Waals surface area contributed by atoms with Gasteiger partial charge in [0.05, 0.1) is 19.1 Å². The number of nitrogens with zero attached hydrogens (tertiary/aromatic N) is 2. The van der Waals surface area contributed by atoms with E-state index in [1.54, 1.807) is 24.3 Å². The summed E-state index contributed by atoms with van der Waals surface area (Å²) in [7, 11) is -0.772. The van der Waals surface area contributed by atoms with E-state index in [1.807, 2.05) is 61.5 Å². The molecule has 3 aromatic carbocycles. The highest BCUT2D eigenvalue weighted by Gasteiger charge is 2.32. The number of likely N-dealkylation sites (N-methyl/N-ethyl adjacent to an activating group) is 1. The number of sulfonamides is 1. The van der Waals surface area contributed by atoms with Gasteiger partial charge in [0.15, 0.2) is 0 Å². The Morgan fingerprint density at radius 1 is 0.919 bits per heavy atom. The van der Waals surface area contributed by atoms with Gasteiger partial charge in [-0.2, -0.15) is 0 Å². The molecular formula is C28H33N3O5S. The number of carbonyl (C=O) groups excluding carboxylic acids is 2. The molecule has 0 heterocycles. The molecule has 1 atom stereocenters. The summed E-state index contributed by atoms with van der Waals surface area (Å²) in [6, 6.07) is 22.7. The van der Waals surface area contributed by atoms with Gasteiger partial charge < -0.3 is 15.0 Å². The third-order valence-corrected chi connectivity index (χ3v) is 7.17. The maximum Gasteiger partial charge on any atom is 0.244 e. The second kappa shape index (κ2) is 12.4. The van der Waals surface area contributed by atoms with Crippen LogP contribution < -0.4 is 14.4 Å². The number of methoxy groups -OCH3 is 1. The Balaban J connectivity index is 2.00. The minimum Gasteiger partial charge on any atom is -0.497 e. The van der Waals surface area contributed by atoms with Crippen molar-refractivity contribution in [1.82, 2.24) is 10.2 Å². The van der Waals surface area contributed by atoms with Crippen molar-refractivity contribution in [2.75, 3.05) is 31.3 Å². The van der Waals surface area contributed by atoms with Gasteiger partial charge in [0, 0.05) is 20.0 Å². The molecule has 37 heavy (non-hydrogen) atoms. The van der Waals surface area contributed by atoms with Crippen LogP contribution in [0.15, 0.2) is 78.9 Å². The van der Waals surface area contributed by atoms with Crippen LogP contribution in [-0.2, 0) is 32.6 Å². The Morgan fingerprint density at radius 3 is 2.08 bits per heavy atom. The molecule has 0 bridgehead atoms. The predicted molar refractivity (Wildman–Crippen MR) is 145 cm³/mol. The van der Waals surface area contributed by atoms with Gasteiger partial charge in [-0.05, 0) is 42.3 Å². The molecule has 9 heteroatoms. The monoisotopic (exact) mass is 523 g/mol. The number of nitrogens with one attached hydrogen (secondary N) is 1. The second-order valence-electron chi connectivity index (χ2n) is 8.79. The van der Waals surface area contributed by atoms with Gasteiger partial charge in [0.2, 0.25) is 21.8 Å². The molecular weight excluding hydrogens is 490 g/mol. The van der Waals surface area contributed by atoms with Gasteiger partial charge in [-0.15, -0.1) is 0 Å². The fourth-order valence-corrected chi connectivity index (χ4v) is 4.82. The van der Waals surface area contributed by atoms with Crippen molar-refractivity contribution < 1.29 is 22.7 Å². The molecule has 3 aromatic rings. The summed E-state index contributed by atoms with van der Waals surface area (Å²) in [6.07, 6.45) is 1.33. The van der Waals surface area contributed by atoms with Crippen LogP contribution in [0, 0.1) is 6.92 Å². The van der Waals surface area contributed by atoms with Gasteiger partial charge in [0.25, 0.3) is 0 Å². The molecule has 0 saturated carbocycles. The number of carbonyl (C=O) groups is 2. The van der Waals surface area contributed by atoms with Crippen LogP contribution in [0.1, 0.15) is 16.7 Å². The number of hydrogen-bond acceptors (Lipinski definition) is 5. The molecule has 8 nitrogen and oxygen atoms in total. The van der Waals surface area contributed by atoms with Crippen molar-refractivity contribution in [3.05, 3.63) is 95.6 Å². The zero-order valence-electron chi connectivity index (χ0n) is 21.5. The first kappa shape index (κ1) is 27.7. The van der Waals surface area contributed by atoms with E-state index in [9.17, 15) is 18.0 Å². The molecule has 196 valence electrons. The third-order valence-electron chi connectivity index (χ3n) is 6.03. The Bertz CT molecular complexity index is 1290. The lowest BCUT2D eigenvalue weighted by Gasteiger charge is -2.33. The highest BCUT2D eigenvalue weighted by molar-refractivity contribution is 7.92. The number of aryl methyl sites for hydroxylation is 1. The zero-order chi connectivity index (χ0) is 27.0. The van der Waals surface area contributed by atoms with Crippen LogP contribution in [0.5, 0.6) is 5.75 Å². The number of amides is 2. The lowest BCUT2D eigenvalue weighted by atomic mass is 10.0. The summed E-state index contributed by atoms with van der Waals surface area (Å²) in [5.41, 5.74) is 3.10. The Hall–Kier alpha value is -3.85. The van der Waals surface area contributed by atoms with E-state index in [0.29, 0.717) is 11.4 Å². The van der Waals surface area contributed by atoms with Crippen LogP contribution in [0.2, 0.25) is 0 Å². The summed E-state index contributed by atoms with van der Waals surface area (Å²) in [5.74, 6) is -0.266. The molecule has 0 aliphatic rings. The number of benzene rings is 3. The van der Waals surface area contributed by atoms with Crippen LogP contribution in [0.3, 0.4) is 0 Å². The lowest BCUT2D eigenvalue weighted by molar-refractivity contribution is -0.139. The van der Waals surface area contributed by atoms with Gasteiger partial charge in [0.1, 0.15) is 18.3 Å². The SMILES string of the molecule is CNC(=O)C(Cc1ccccc1)N(Cc1ccc(C)cc1)C(=O)CN(c1ccc(OC)cc1)S(C)(=O)=O. The quantitative estimate of drug-likeness (QED) is 0.417. The first-order chi connectivity index (χ1) is 17.6. The minimum absolute atomic E-state index is 0.143. The maximum absolute atomic E-state index is 13.8. The Kier molecular flexibility index (Phi) is 9.30. The Morgan fingerprint density at radius 2 is 1.54 bits per heavy atom. The van der Waals surface area contributed by atoms with E-state index < -0.39 is 28.5 Å². The van der Waals surface area contributed by atoms with Crippen LogP contribution in [0.25, 0.3) is 0 Å². The van der Waals surface area contributed by atoms with E-state index in [4.69, 9.17) is 4.74 Å². The van der Waals surface area contributed by atoms with Crippen molar-refractivity contribution in [3.63, 3.8) is 0 Å². The van der Waals surface area contributed by atoms with Gasteiger partial charge in [-0.25, -0.2) is 8.42 Å². The van der Waals surface area contributed by atoms with Gasteiger partial charge in [-0.1, -0.05) is 60.2 Å². The smallest absolute Gasteiger partial charge is 0.244 e. The van der Waals surface area contributed by atoms with Crippen molar-refractivity contribution in [3.8, 4) is 5.75 Å². The molecule has 0 aliphatic carbocycles. The lowest BCUT2D eigenvalue weighted by Crippen LogP contribution is -2.52. The van der Waals surface area contributed by atoms with Crippen molar-refractivity contribution in [2.24, 2.45) is 0 Å². The highest BCUT2D eigenvalue weighted by atomic mass is 32.2. The first-order valence-corrected chi connectivity index (χ1v) is 13.7. The fourth-order valence-electron chi connectivity index (χ4n) is 3.97. The van der Waals surface area contributed by atoms with Crippen molar-refractivity contribution in [2.45, 2.75) is 25.9 Å². The number of rotatable bonds is 11. The zero-order valence-corrected chi connectivity index (χ0v) is 22.4. The summed E-state index contributed by atoms with van der Waals surface area (Å²) in [6.45, 7) is 1.65. The second-order valence-corrected chi connectivity index (χ2v) is 10.7. The summed E-state index contributed by atoms with van der Waals surface area (Å²) >= 11 is 0. The van der Waals surface area contributed by atoms with E-state index in [-0.39, 0.29) is 18.9 Å². The highest BCUT2D eigenvalue weighted by Crippen LogP contribution is 2.23. The summed E-state index contributed by atoms with van der Waals surface area (Å²) in [5, 5.41) is 2.66. The van der Waals surface area contributed by atoms with Crippen molar-refractivity contribution >= 4 is 27.5 Å². The van der Waals surface area contributed by atoms with Crippen LogP contribution in [-0.4, -0.2) is 58.1 Å². The average molecular weight is 524 g/mol. The van der Waals surface area contributed by atoms with Crippen molar-refractivity contribution in [1.29, 1.82) is 0 Å². The summed E-state index contributed by atoms with van der Waals surface area (Å²) < 4.78 is 31.7. The average Bonchev–Trinajstić information content (AvgIpc) is 2.89. The standard InChI is InChI=1S/C28H33N3O5S/c1-21-10-12-23(13-11-21)19-30(26(28(33)29-2)18-22-8-6-5-7-9-22)27(32)20-31(37(4,34)35)24-14-16-25(36-3)17-15-24/h5-17,26H,18-20H2,1-4H3,(H,29,33). The molecule has 0 spiro atoms. The maximum atomic E-state index is 13.8. The first-order valence-electron chi connectivity index (χ1n) is 11.8. The van der Waals surface area contributed by atoms with E-state index in [1.165, 1.54) is 19.1 Å². The molecule has 2 amide bonds. The summed E-state index contributed by atoms with van der Waals surface area (Å²) in [4.78, 5) is 28.4. The van der Waals surface area contributed by atoms with Crippen LogP contribution in [0.4, 0.5) is 5.69 Å². The van der Waals surface area contributed by atoms with E-state index >= 15 is 0 Å². The predicted octanol–water partition coefficient (Wildman–Crippen LogP) is 3.16. The van der Waals surface area contributed by atoms with E-state index in [0.717, 1.165) is 27.3 Å². The molecule has 1 N–H and O–H groups in total. The van der Waals surface area contributed by atoms with E-state index in [2.05, 4.69) is 5.32 Å². The number of ether oxygens (including phenoxy) is 1. The fraction of sp³-hybridized carbons (Fsp3) is 0.286. The van der Waals surface area contributed by atoms with Gasteiger partial charge in [-0.3, -0.25) is 13.9 Å². The molecule has 0 radical (unpaired) electrons.